The van der Waals surface area contributed by atoms with Crippen molar-refractivity contribution in [1.29, 1.82) is 0 Å². The second kappa shape index (κ2) is 7.22. The molecule has 1 aromatic rings. The number of primary sulfonamides is 1. The molecule has 1 unspecified atom stereocenters. The van der Waals surface area contributed by atoms with Gasteiger partial charge in [-0.15, -0.1) is 12.4 Å². The van der Waals surface area contributed by atoms with E-state index >= 15 is 0 Å². The minimum absolute atomic E-state index is 0. The minimum atomic E-state index is -3.86. The van der Waals surface area contributed by atoms with Gasteiger partial charge in [0.25, 0.3) is 5.91 Å². The number of hydrogen-bond donors (Lipinski definition) is 2. The summed E-state index contributed by atoms with van der Waals surface area (Å²) in [7, 11) is -2.23. The largest absolute Gasteiger partial charge is 0.338 e. The van der Waals surface area contributed by atoms with Gasteiger partial charge in [-0.1, -0.05) is 0 Å². The van der Waals surface area contributed by atoms with Gasteiger partial charge < -0.3 is 10.6 Å². The molecule has 0 aliphatic heterocycles. The van der Waals surface area contributed by atoms with Gasteiger partial charge in [-0.3, -0.25) is 4.79 Å². The second-order valence-electron chi connectivity index (χ2n) is 4.96. The lowest BCUT2D eigenvalue weighted by atomic mass is 10.0. The molecule has 6 nitrogen and oxygen atoms in total. The Balaban J connectivity index is 0.00000400. The van der Waals surface area contributed by atoms with Crippen molar-refractivity contribution >= 4 is 28.3 Å². The molecule has 0 saturated carbocycles. The van der Waals surface area contributed by atoms with Gasteiger partial charge in [-0.2, -0.15) is 0 Å². The highest BCUT2D eigenvalue weighted by Crippen LogP contribution is 2.21. The van der Waals surface area contributed by atoms with Crippen LogP contribution in [0.4, 0.5) is 0 Å². The van der Waals surface area contributed by atoms with Crippen molar-refractivity contribution in [3.63, 3.8) is 0 Å². The van der Waals surface area contributed by atoms with Gasteiger partial charge in [0.2, 0.25) is 10.0 Å². The predicted molar refractivity (Wildman–Crippen MR) is 85.1 cm³/mol. The summed E-state index contributed by atoms with van der Waals surface area (Å²) in [6.45, 7) is 5.55. The summed E-state index contributed by atoms with van der Waals surface area (Å²) in [5, 5.41) is 5.18. The molecule has 0 aromatic heterocycles. The number of rotatable bonds is 4. The lowest BCUT2D eigenvalue weighted by Crippen LogP contribution is -2.39. The van der Waals surface area contributed by atoms with E-state index in [4.69, 9.17) is 10.9 Å². The first kappa shape index (κ1) is 19.9. The summed E-state index contributed by atoms with van der Waals surface area (Å²) in [5.74, 6) is -0.282. The number of amides is 1. The Labute approximate surface area is 132 Å². The maximum atomic E-state index is 12.3. The van der Waals surface area contributed by atoms with Crippen LogP contribution in [0.15, 0.2) is 17.0 Å². The van der Waals surface area contributed by atoms with Gasteiger partial charge >= 0.3 is 0 Å². The normalized spacial score (nSPS) is 12.5. The molecular weight excluding hydrogens is 314 g/mol. The molecule has 120 valence electrons. The van der Waals surface area contributed by atoms with E-state index in [9.17, 15) is 13.2 Å². The Bertz CT molecular complexity index is 632. The zero-order chi connectivity index (χ0) is 15.7. The van der Waals surface area contributed by atoms with Crippen LogP contribution in [0.3, 0.4) is 0 Å². The van der Waals surface area contributed by atoms with E-state index in [1.165, 1.54) is 11.0 Å². The van der Waals surface area contributed by atoms with Crippen LogP contribution in [-0.2, 0) is 10.0 Å². The summed E-state index contributed by atoms with van der Waals surface area (Å²) in [6.07, 6.45) is 0. The van der Waals surface area contributed by atoms with E-state index in [1.807, 2.05) is 6.92 Å². The SMILES string of the molecule is Cc1cc(C(=O)N(C)C(C)CN)cc(S(N)(=O)=O)c1C.Cl. The maximum Gasteiger partial charge on any atom is 0.253 e. The van der Waals surface area contributed by atoms with Crippen molar-refractivity contribution in [3.8, 4) is 0 Å². The molecule has 0 bridgehead atoms. The molecule has 1 amide bonds. The van der Waals surface area contributed by atoms with Crippen molar-refractivity contribution in [3.05, 3.63) is 28.8 Å². The van der Waals surface area contributed by atoms with Gasteiger partial charge in [-0.05, 0) is 44.0 Å². The monoisotopic (exact) mass is 335 g/mol. The molecule has 8 heteroatoms. The summed E-state index contributed by atoms with van der Waals surface area (Å²) in [6, 6.07) is 2.84. The number of carbonyl (C=O) groups is 1. The highest BCUT2D eigenvalue weighted by atomic mass is 35.5. The zero-order valence-electron chi connectivity index (χ0n) is 12.6. The van der Waals surface area contributed by atoms with E-state index in [1.54, 1.807) is 27.0 Å². The van der Waals surface area contributed by atoms with Crippen LogP contribution in [-0.4, -0.2) is 38.9 Å². The fourth-order valence-corrected chi connectivity index (χ4v) is 2.69. The molecule has 1 rings (SSSR count). The number of halogens is 1. The predicted octanol–water partition coefficient (Wildman–Crippen LogP) is 0.792. The van der Waals surface area contributed by atoms with Crippen molar-refractivity contribution < 1.29 is 13.2 Å². The van der Waals surface area contributed by atoms with E-state index in [-0.39, 0.29) is 29.3 Å². The lowest BCUT2D eigenvalue weighted by Gasteiger charge is -2.24. The Morgan fingerprint density at radius 2 is 1.86 bits per heavy atom. The van der Waals surface area contributed by atoms with Gasteiger partial charge in [0, 0.05) is 25.2 Å². The smallest absolute Gasteiger partial charge is 0.253 e. The Hall–Kier alpha value is -1.15. The maximum absolute atomic E-state index is 12.3. The van der Waals surface area contributed by atoms with Crippen molar-refractivity contribution in [2.24, 2.45) is 10.9 Å². The first-order chi connectivity index (χ1) is 9.09. The van der Waals surface area contributed by atoms with Crippen LogP contribution in [0, 0.1) is 13.8 Å². The molecule has 1 atom stereocenters. The number of hydrogen-bond acceptors (Lipinski definition) is 4. The van der Waals surface area contributed by atoms with E-state index in [0.717, 1.165) is 0 Å². The topological polar surface area (TPSA) is 106 Å². The molecular formula is C13H22ClN3O3S. The number of aryl methyl sites for hydroxylation is 1. The summed E-state index contributed by atoms with van der Waals surface area (Å²) < 4.78 is 23.1. The summed E-state index contributed by atoms with van der Waals surface area (Å²) in [5.41, 5.74) is 7.08. The van der Waals surface area contributed by atoms with Gasteiger partial charge in [0.1, 0.15) is 0 Å². The Kier molecular flexibility index (Phi) is 6.82. The quantitative estimate of drug-likeness (QED) is 0.848. The van der Waals surface area contributed by atoms with E-state index in [2.05, 4.69) is 0 Å². The summed E-state index contributed by atoms with van der Waals surface area (Å²) in [4.78, 5) is 13.8. The second-order valence-corrected chi connectivity index (χ2v) is 6.49. The number of nitrogens with two attached hydrogens (primary N) is 2. The number of carbonyl (C=O) groups excluding carboxylic acids is 1. The molecule has 4 N–H and O–H groups in total. The third-order valence-electron chi connectivity index (χ3n) is 3.50. The van der Waals surface area contributed by atoms with Crippen LogP contribution in [0.1, 0.15) is 28.4 Å². The van der Waals surface area contributed by atoms with Crippen LogP contribution in [0.2, 0.25) is 0 Å². The zero-order valence-corrected chi connectivity index (χ0v) is 14.2. The molecule has 0 heterocycles. The number of likely N-dealkylation sites (N-methyl/N-ethyl adjacent to an activating group) is 1. The molecule has 0 aliphatic rings. The fourth-order valence-electron chi connectivity index (χ4n) is 1.81. The first-order valence-electron chi connectivity index (χ1n) is 6.20. The van der Waals surface area contributed by atoms with Crippen LogP contribution >= 0.6 is 12.4 Å². The summed E-state index contributed by atoms with van der Waals surface area (Å²) >= 11 is 0. The van der Waals surface area contributed by atoms with Gasteiger partial charge in [-0.25, -0.2) is 13.6 Å². The molecule has 0 fully saturated rings. The fraction of sp³-hybridized carbons (Fsp3) is 0.462. The van der Waals surface area contributed by atoms with Crippen LogP contribution < -0.4 is 10.9 Å². The van der Waals surface area contributed by atoms with Crippen molar-refractivity contribution in [1.82, 2.24) is 4.90 Å². The van der Waals surface area contributed by atoms with E-state index in [0.29, 0.717) is 23.2 Å². The highest BCUT2D eigenvalue weighted by Gasteiger charge is 2.21. The average molecular weight is 336 g/mol. The van der Waals surface area contributed by atoms with Crippen molar-refractivity contribution in [2.45, 2.75) is 31.7 Å². The molecule has 0 aliphatic carbocycles. The standard InChI is InChI=1S/C13H21N3O3S.ClH/c1-8-5-11(13(17)16(4)9(2)7-14)6-12(10(8)3)20(15,18)19;/h5-6,9H,7,14H2,1-4H3,(H2,15,18,19);1H. The number of sulfonamides is 1. The highest BCUT2D eigenvalue weighted by molar-refractivity contribution is 7.89. The minimum Gasteiger partial charge on any atom is -0.338 e. The number of benzene rings is 1. The van der Waals surface area contributed by atoms with Gasteiger partial charge in [0.15, 0.2) is 0 Å². The average Bonchev–Trinajstić information content (AvgIpc) is 2.37. The molecule has 21 heavy (non-hydrogen) atoms. The first-order valence-corrected chi connectivity index (χ1v) is 7.75. The van der Waals surface area contributed by atoms with Crippen LogP contribution in [0.25, 0.3) is 0 Å². The lowest BCUT2D eigenvalue weighted by molar-refractivity contribution is 0.0748. The van der Waals surface area contributed by atoms with Gasteiger partial charge in [0.05, 0.1) is 4.90 Å². The molecule has 0 radical (unpaired) electrons. The van der Waals surface area contributed by atoms with E-state index < -0.39 is 10.0 Å². The molecule has 1 aromatic carbocycles. The Morgan fingerprint density at radius 3 is 2.29 bits per heavy atom. The third kappa shape index (κ3) is 4.41. The van der Waals surface area contributed by atoms with Crippen molar-refractivity contribution in [2.75, 3.05) is 13.6 Å². The third-order valence-corrected chi connectivity index (χ3v) is 4.53. The Morgan fingerprint density at radius 1 is 1.33 bits per heavy atom. The van der Waals surface area contributed by atoms with Crippen LogP contribution in [0.5, 0.6) is 0 Å². The molecule has 0 spiro atoms. The molecule has 0 saturated heterocycles. The number of nitrogens with zero attached hydrogens (tertiary/aromatic N) is 1.